The normalized spacial score (nSPS) is 29.7. The summed E-state index contributed by atoms with van der Waals surface area (Å²) in [5.74, 6) is 3.25. The van der Waals surface area contributed by atoms with Gasteiger partial charge in [-0.15, -0.1) is 0 Å². The highest BCUT2D eigenvalue weighted by Gasteiger charge is 2.45. The Bertz CT molecular complexity index is 873. The van der Waals surface area contributed by atoms with Gasteiger partial charge in [0.15, 0.2) is 0 Å². The van der Waals surface area contributed by atoms with Crippen LogP contribution >= 0.6 is 0 Å². The van der Waals surface area contributed by atoms with Gasteiger partial charge in [-0.1, -0.05) is 25.3 Å². The monoisotopic (exact) mass is 394 g/mol. The molecule has 4 nitrogen and oxygen atoms in total. The van der Waals surface area contributed by atoms with Crippen molar-refractivity contribution in [2.45, 2.75) is 57.8 Å². The van der Waals surface area contributed by atoms with Crippen LogP contribution in [0.2, 0.25) is 0 Å². The number of unbranched alkanes of at least 4 members (excludes halogenated alkanes) is 1. The molecule has 0 spiro atoms. The predicted molar refractivity (Wildman–Crippen MR) is 116 cm³/mol. The molecule has 2 heterocycles. The molecule has 0 bridgehead atoms. The molecule has 29 heavy (non-hydrogen) atoms. The Hall–Kier alpha value is -1.81. The third-order valence-corrected chi connectivity index (χ3v) is 8.19. The minimum absolute atomic E-state index is 0.420. The third kappa shape index (κ3) is 3.72. The van der Waals surface area contributed by atoms with Crippen LogP contribution in [0.25, 0.3) is 10.9 Å². The lowest BCUT2D eigenvalue weighted by molar-refractivity contribution is 0.0699. The summed E-state index contributed by atoms with van der Waals surface area (Å²) in [4.78, 5) is 17.5. The van der Waals surface area contributed by atoms with Crippen LogP contribution in [0.5, 0.6) is 0 Å². The van der Waals surface area contributed by atoms with Gasteiger partial charge in [-0.2, -0.15) is 0 Å². The van der Waals surface area contributed by atoms with Gasteiger partial charge in [0, 0.05) is 23.6 Å². The zero-order chi connectivity index (χ0) is 19.8. The van der Waals surface area contributed by atoms with Crippen molar-refractivity contribution in [2.24, 2.45) is 23.7 Å². The van der Waals surface area contributed by atoms with Gasteiger partial charge >= 0.3 is 5.97 Å². The van der Waals surface area contributed by atoms with Crippen molar-refractivity contribution >= 4 is 16.9 Å². The Morgan fingerprint density at radius 3 is 2.86 bits per heavy atom. The summed E-state index contributed by atoms with van der Waals surface area (Å²) in [7, 11) is 0. The number of rotatable bonds is 6. The molecule has 5 rings (SSSR count). The minimum Gasteiger partial charge on any atom is -0.478 e. The van der Waals surface area contributed by atoms with Crippen molar-refractivity contribution in [3.8, 4) is 0 Å². The van der Waals surface area contributed by atoms with E-state index in [0.717, 1.165) is 53.0 Å². The van der Waals surface area contributed by atoms with Crippen LogP contribution in [0.1, 0.15) is 67.3 Å². The highest BCUT2D eigenvalue weighted by atomic mass is 16.4. The van der Waals surface area contributed by atoms with Crippen LogP contribution in [0.4, 0.5) is 0 Å². The number of hydrogen-bond acceptors (Lipinski definition) is 2. The number of likely N-dealkylation sites (tertiary alicyclic amines) is 1. The largest absolute Gasteiger partial charge is 0.478 e. The lowest BCUT2D eigenvalue weighted by Gasteiger charge is -2.38. The molecule has 1 saturated heterocycles. The molecule has 0 radical (unpaired) electrons. The second-order valence-electron chi connectivity index (χ2n) is 9.76. The van der Waals surface area contributed by atoms with Crippen LogP contribution in [-0.4, -0.2) is 40.6 Å². The number of carboxylic acids is 1. The van der Waals surface area contributed by atoms with Gasteiger partial charge in [-0.05, 0) is 93.0 Å². The van der Waals surface area contributed by atoms with Gasteiger partial charge in [0.05, 0.1) is 5.56 Å². The number of H-pyrrole nitrogens is 1. The number of carboxylic acid groups (broad SMARTS) is 1. The molecule has 1 aromatic heterocycles. The number of nitrogens with one attached hydrogen (secondary N) is 1. The van der Waals surface area contributed by atoms with Gasteiger partial charge in [0.1, 0.15) is 0 Å². The molecular weight excluding hydrogens is 360 g/mol. The molecule has 1 aliphatic heterocycles. The fraction of sp³-hybridized carbons (Fsp3) is 0.640. The average Bonchev–Trinajstić information content (AvgIpc) is 3.31. The van der Waals surface area contributed by atoms with Crippen LogP contribution < -0.4 is 0 Å². The van der Waals surface area contributed by atoms with Crippen molar-refractivity contribution in [1.29, 1.82) is 0 Å². The van der Waals surface area contributed by atoms with Crippen LogP contribution in [0.3, 0.4) is 0 Å². The van der Waals surface area contributed by atoms with Gasteiger partial charge in [0.25, 0.3) is 0 Å². The highest BCUT2D eigenvalue weighted by Crippen LogP contribution is 2.51. The summed E-state index contributed by atoms with van der Waals surface area (Å²) in [5.41, 5.74) is 2.50. The molecule has 2 aliphatic carbocycles. The van der Waals surface area contributed by atoms with Gasteiger partial charge in [-0.25, -0.2) is 4.79 Å². The molecule has 4 heteroatoms. The summed E-state index contributed by atoms with van der Waals surface area (Å²) in [6.45, 7) is 3.82. The van der Waals surface area contributed by atoms with E-state index in [0.29, 0.717) is 5.56 Å². The van der Waals surface area contributed by atoms with E-state index in [1.165, 1.54) is 64.6 Å². The number of aromatic nitrogens is 1. The Morgan fingerprint density at radius 2 is 1.97 bits per heavy atom. The van der Waals surface area contributed by atoms with E-state index in [2.05, 4.69) is 9.88 Å². The summed E-state index contributed by atoms with van der Waals surface area (Å²) < 4.78 is 0. The first-order valence-corrected chi connectivity index (χ1v) is 11.8. The number of benzene rings is 1. The Morgan fingerprint density at radius 1 is 1.10 bits per heavy atom. The predicted octanol–water partition coefficient (Wildman–Crippen LogP) is 5.34. The topological polar surface area (TPSA) is 56.3 Å². The molecular formula is C25H34N2O2. The summed E-state index contributed by atoms with van der Waals surface area (Å²) in [6.07, 6.45) is 14.2. The van der Waals surface area contributed by atoms with E-state index in [4.69, 9.17) is 0 Å². The molecule has 4 unspecified atom stereocenters. The number of nitrogens with zero attached hydrogens (tertiary/aromatic N) is 1. The number of piperidine rings is 1. The van der Waals surface area contributed by atoms with Crippen LogP contribution in [-0.2, 0) is 6.42 Å². The summed E-state index contributed by atoms with van der Waals surface area (Å²) >= 11 is 0. The van der Waals surface area contributed by atoms with Crippen molar-refractivity contribution in [3.05, 3.63) is 35.5 Å². The maximum absolute atomic E-state index is 11.6. The number of fused-ring (bicyclic) bond motifs is 4. The third-order valence-electron chi connectivity index (χ3n) is 8.19. The number of hydrogen-bond donors (Lipinski definition) is 2. The second-order valence-corrected chi connectivity index (χ2v) is 9.76. The van der Waals surface area contributed by atoms with E-state index in [-0.39, 0.29) is 0 Å². The smallest absolute Gasteiger partial charge is 0.336 e. The Labute approximate surface area is 173 Å². The molecule has 3 fully saturated rings. The standard InChI is InChI=1S/C25H34N2O2/c28-25(29)22-9-5-10-23-24(22)18(15-26-23)7-3-4-12-27-13-11-21-19(16-27)14-17-6-1-2-8-20(17)21/h5,9-10,15,17,19-21,26H,1-4,6-8,11-14,16H2,(H,28,29). The molecule has 2 saturated carbocycles. The minimum atomic E-state index is -0.837. The SMILES string of the molecule is O=C(O)c1cccc2[nH]cc(CCCCN3CCC4C(CC5CCCCC54)C3)c12. The number of aryl methyl sites for hydroxylation is 1. The molecule has 2 N–H and O–H groups in total. The van der Waals surface area contributed by atoms with E-state index < -0.39 is 5.97 Å². The molecule has 3 aliphatic rings. The highest BCUT2D eigenvalue weighted by molar-refractivity contribution is 6.04. The van der Waals surface area contributed by atoms with Crippen molar-refractivity contribution in [3.63, 3.8) is 0 Å². The first-order chi connectivity index (χ1) is 14.2. The fourth-order valence-electron chi connectivity index (χ4n) is 6.91. The first-order valence-electron chi connectivity index (χ1n) is 11.8. The molecule has 4 atom stereocenters. The maximum atomic E-state index is 11.6. The van der Waals surface area contributed by atoms with E-state index in [9.17, 15) is 9.90 Å². The summed E-state index contributed by atoms with van der Waals surface area (Å²) in [5, 5.41) is 10.4. The fourth-order valence-corrected chi connectivity index (χ4v) is 6.91. The average molecular weight is 395 g/mol. The number of carbonyl (C=O) groups is 1. The van der Waals surface area contributed by atoms with Crippen LogP contribution in [0.15, 0.2) is 24.4 Å². The van der Waals surface area contributed by atoms with Crippen molar-refractivity contribution in [2.75, 3.05) is 19.6 Å². The number of aromatic amines is 1. The molecule has 1 aromatic carbocycles. The lowest BCUT2D eigenvalue weighted by atomic mass is 9.75. The van der Waals surface area contributed by atoms with E-state index >= 15 is 0 Å². The van der Waals surface area contributed by atoms with Crippen LogP contribution in [0, 0.1) is 23.7 Å². The second kappa shape index (κ2) is 8.14. The van der Waals surface area contributed by atoms with Gasteiger partial charge < -0.3 is 15.0 Å². The molecule has 0 amide bonds. The van der Waals surface area contributed by atoms with Gasteiger partial charge in [-0.3, -0.25) is 0 Å². The summed E-state index contributed by atoms with van der Waals surface area (Å²) in [6, 6.07) is 5.49. The Balaban J connectivity index is 1.13. The van der Waals surface area contributed by atoms with Gasteiger partial charge in [0.2, 0.25) is 0 Å². The Kier molecular flexibility index (Phi) is 5.38. The van der Waals surface area contributed by atoms with Crippen molar-refractivity contribution in [1.82, 2.24) is 9.88 Å². The lowest BCUT2D eigenvalue weighted by Crippen LogP contribution is -2.40. The quantitative estimate of drug-likeness (QED) is 0.651. The zero-order valence-electron chi connectivity index (χ0n) is 17.4. The van der Waals surface area contributed by atoms with E-state index in [1.807, 2.05) is 18.3 Å². The van der Waals surface area contributed by atoms with Crippen molar-refractivity contribution < 1.29 is 9.90 Å². The maximum Gasteiger partial charge on any atom is 0.336 e. The van der Waals surface area contributed by atoms with E-state index in [1.54, 1.807) is 6.07 Å². The molecule has 156 valence electrons. The molecule has 2 aromatic rings. The zero-order valence-corrected chi connectivity index (χ0v) is 17.4. The first kappa shape index (κ1) is 19.2. The number of aromatic carboxylic acids is 1.